The number of hydrogen-bond acceptors (Lipinski definition) is 2. The Labute approximate surface area is 298 Å². The summed E-state index contributed by atoms with van der Waals surface area (Å²) < 4.78 is 6.60. The van der Waals surface area contributed by atoms with Gasteiger partial charge in [-0.2, -0.15) is 0 Å². The average Bonchev–Trinajstić information content (AvgIpc) is 3.53. The summed E-state index contributed by atoms with van der Waals surface area (Å²) in [5, 5.41) is 7.28. The average molecular weight is 656 g/mol. The summed E-state index contributed by atoms with van der Waals surface area (Å²) in [5.41, 5.74) is 15.6. The van der Waals surface area contributed by atoms with Crippen molar-refractivity contribution in [2.45, 2.75) is 33.1 Å². The molecule has 0 unspecified atom stereocenters. The van der Waals surface area contributed by atoms with E-state index in [4.69, 9.17) is 4.42 Å². The molecule has 1 aromatic heterocycles. The SMILES string of the molecule is Cc1ccc2c(oc3ccccc32)c1N(c1ccccc1)c1ccc2cc3c(cc2c1)-c1cc2ccc(-c4ccc(C(C)(C)C)cc4)cc2cc1-3. The highest BCUT2D eigenvalue weighted by Crippen LogP contribution is 2.51. The Bertz CT molecular complexity index is 2830. The van der Waals surface area contributed by atoms with E-state index in [1.54, 1.807) is 0 Å². The molecule has 0 saturated heterocycles. The number of anilines is 3. The first-order valence-electron chi connectivity index (χ1n) is 17.8. The molecule has 1 heterocycles. The Morgan fingerprint density at radius 1 is 0.471 bits per heavy atom. The molecule has 0 atom stereocenters. The van der Waals surface area contributed by atoms with Crippen LogP contribution in [0.4, 0.5) is 17.1 Å². The highest BCUT2D eigenvalue weighted by Gasteiger charge is 2.26. The van der Waals surface area contributed by atoms with E-state index < -0.39 is 0 Å². The Kier molecular flexibility index (Phi) is 6.38. The van der Waals surface area contributed by atoms with E-state index in [0.717, 1.165) is 44.6 Å². The van der Waals surface area contributed by atoms with Crippen molar-refractivity contribution in [3.8, 4) is 33.4 Å². The molecule has 0 fully saturated rings. The summed E-state index contributed by atoms with van der Waals surface area (Å²) in [6, 6.07) is 55.7. The molecule has 0 amide bonds. The summed E-state index contributed by atoms with van der Waals surface area (Å²) in [4.78, 5) is 2.36. The van der Waals surface area contributed by atoms with Gasteiger partial charge in [-0.25, -0.2) is 0 Å². The number of fused-ring (bicyclic) bond motifs is 9. The third-order valence-corrected chi connectivity index (χ3v) is 10.8. The Morgan fingerprint density at radius 2 is 1.08 bits per heavy atom. The van der Waals surface area contributed by atoms with E-state index in [1.807, 2.05) is 6.07 Å². The van der Waals surface area contributed by atoms with Gasteiger partial charge in [0, 0.05) is 22.1 Å². The van der Waals surface area contributed by atoms with Crippen LogP contribution in [-0.4, -0.2) is 0 Å². The van der Waals surface area contributed by atoms with Crippen LogP contribution in [-0.2, 0) is 5.41 Å². The standard InChI is InChI=1S/C49H37NO/c1-30-14-23-41-40-12-8-9-13-46(40)51-48(41)47(30)50(38-10-6-5-7-11-38)39-22-19-34-27-43-44-28-35-24-32(31-17-20-37(21-18-31)49(2,3)4)15-16-33(35)26-42(44)45(43)29-36(34)25-39/h5-29H,1-4H3. The van der Waals surface area contributed by atoms with Crippen LogP contribution >= 0.6 is 0 Å². The van der Waals surface area contributed by atoms with Gasteiger partial charge in [0.2, 0.25) is 0 Å². The largest absolute Gasteiger partial charge is 0.454 e. The quantitative estimate of drug-likeness (QED) is 0.188. The molecular weight excluding hydrogens is 619 g/mol. The van der Waals surface area contributed by atoms with Gasteiger partial charge in [0.15, 0.2) is 5.58 Å². The van der Waals surface area contributed by atoms with Crippen LogP contribution in [0.1, 0.15) is 31.9 Å². The molecule has 8 aromatic carbocycles. The third-order valence-electron chi connectivity index (χ3n) is 10.8. The van der Waals surface area contributed by atoms with Crippen molar-refractivity contribution < 1.29 is 4.42 Å². The zero-order valence-electron chi connectivity index (χ0n) is 29.3. The monoisotopic (exact) mass is 655 g/mol. The number of para-hydroxylation sites is 2. The highest BCUT2D eigenvalue weighted by molar-refractivity contribution is 6.14. The Hall–Kier alpha value is -6.12. The van der Waals surface area contributed by atoms with Crippen molar-refractivity contribution in [2.75, 3.05) is 4.90 Å². The van der Waals surface area contributed by atoms with Crippen LogP contribution in [0.15, 0.2) is 156 Å². The number of nitrogens with zero attached hydrogens (tertiary/aromatic N) is 1. The van der Waals surface area contributed by atoms with Crippen molar-refractivity contribution in [1.29, 1.82) is 0 Å². The predicted molar refractivity (Wildman–Crippen MR) is 217 cm³/mol. The second-order valence-corrected chi connectivity index (χ2v) is 15.1. The van der Waals surface area contributed by atoms with Crippen molar-refractivity contribution >= 4 is 60.5 Å². The van der Waals surface area contributed by atoms with Gasteiger partial charge in [-0.15, -0.1) is 0 Å². The van der Waals surface area contributed by atoms with Gasteiger partial charge in [-0.05, 0) is 139 Å². The van der Waals surface area contributed by atoms with Gasteiger partial charge in [0.1, 0.15) is 5.58 Å². The molecule has 0 spiro atoms. The van der Waals surface area contributed by atoms with Crippen molar-refractivity contribution in [2.24, 2.45) is 0 Å². The van der Waals surface area contributed by atoms with Crippen LogP contribution in [0, 0.1) is 6.92 Å². The number of hydrogen-bond donors (Lipinski definition) is 0. The first-order chi connectivity index (χ1) is 24.8. The normalized spacial score (nSPS) is 12.3. The fourth-order valence-corrected chi connectivity index (χ4v) is 8.03. The molecular formula is C49H37NO. The Morgan fingerprint density at radius 3 is 1.78 bits per heavy atom. The molecule has 0 saturated carbocycles. The maximum atomic E-state index is 6.60. The molecule has 9 aromatic rings. The number of benzene rings is 8. The van der Waals surface area contributed by atoms with Crippen LogP contribution in [0.25, 0.3) is 76.9 Å². The zero-order valence-corrected chi connectivity index (χ0v) is 29.3. The van der Waals surface area contributed by atoms with E-state index in [1.165, 1.54) is 60.5 Å². The number of rotatable bonds is 4. The summed E-state index contributed by atoms with van der Waals surface area (Å²) in [6.07, 6.45) is 0. The van der Waals surface area contributed by atoms with Crippen molar-refractivity contribution in [3.63, 3.8) is 0 Å². The van der Waals surface area contributed by atoms with Crippen LogP contribution < -0.4 is 4.90 Å². The lowest BCUT2D eigenvalue weighted by Crippen LogP contribution is -2.11. The van der Waals surface area contributed by atoms with Crippen molar-refractivity contribution in [1.82, 2.24) is 0 Å². The molecule has 244 valence electrons. The van der Waals surface area contributed by atoms with E-state index in [2.05, 4.69) is 178 Å². The maximum Gasteiger partial charge on any atom is 0.159 e. The second-order valence-electron chi connectivity index (χ2n) is 15.1. The number of aryl methyl sites for hydroxylation is 1. The van der Waals surface area contributed by atoms with E-state index in [9.17, 15) is 0 Å². The highest BCUT2D eigenvalue weighted by atomic mass is 16.3. The Balaban J connectivity index is 1.07. The van der Waals surface area contributed by atoms with E-state index in [-0.39, 0.29) is 5.41 Å². The minimum absolute atomic E-state index is 0.147. The summed E-state index contributed by atoms with van der Waals surface area (Å²) in [7, 11) is 0. The summed E-state index contributed by atoms with van der Waals surface area (Å²) in [6.45, 7) is 8.97. The minimum Gasteiger partial charge on any atom is -0.454 e. The molecule has 2 nitrogen and oxygen atoms in total. The molecule has 1 aliphatic rings. The topological polar surface area (TPSA) is 16.4 Å². The van der Waals surface area contributed by atoms with Crippen LogP contribution in [0.5, 0.6) is 0 Å². The smallest absolute Gasteiger partial charge is 0.159 e. The van der Waals surface area contributed by atoms with E-state index >= 15 is 0 Å². The zero-order chi connectivity index (χ0) is 34.4. The van der Waals surface area contributed by atoms with Gasteiger partial charge in [-0.1, -0.05) is 112 Å². The van der Waals surface area contributed by atoms with Gasteiger partial charge >= 0.3 is 0 Å². The van der Waals surface area contributed by atoms with Crippen molar-refractivity contribution in [3.05, 3.63) is 163 Å². The molecule has 0 N–H and O–H groups in total. The first-order valence-corrected chi connectivity index (χ1v) is 17.8. The molecule has 51 heavy (non-hydrogen) atoms. The van der Waals surface area contributed by atoms with Gasteiger partial charge in [0.05, 0.1) is 5.69 Å². The molecule has 2 heteroatoms. The molecule has 0 radical (unpaired) electrons. The molecule has 1 aliphatic carbocycles. The lowest BCUT2D eigenvalue weighted by Gasteiger charge is -2.28. The van der Waals surface area contributed by atoms with E-state index in [0.29, 0.717) is 0 Å². The fraction of sp³-hybridized carbons (Fsp3) is 0.102. The fourth-order valence-electron chi connectivity index (χ4n) is 8.03. The van der Waals surface area contributed by atoms with Crippen LogP contribution in [0.3, 0.4) is 0 Å². The molecule has 10 rings (SSSR count). The first kappa shape index (κ1) is 29.8. The minimum atomic E-state index is 0.147. The van der Waals surface area contributed by atoms with Gasteiger partial charge in [-0.3, -0.25) is 0 Å². The lowest BCUT2D eigenvalue weighted by atomic mass is 9.77. The second kappa shape index (κ2) is 10.9. The predicted octanol–water partition coefficient (Wildman–Crippen LogP) is 14.3. The lowest BCUT2D eigenvalue weighted by molar-refractivity contribution is 0.590. The van der Waals surface area contributed by atoms with Gasteiger partial charge in [0.25, 0.3) is 0 Å². The molecule has 0 bridgehead atoms. The summed E-state index contributed by atoms with van der Waals surface area (Å²) >= 11 is 0. The maximum absolute atomic E-state index is 6.60. The summed E-state index contributed by atoms with van der Waals surface area (Å²) in [5.74, 6) is 0. The molecule has 0 aliphatic heterocycles. The van der Waals surface area contributed by atoms with Gasteiger partial charge < -0.3 is 9.32 Å². The number of furan rings is 1. The third kappa shape index (κ3) is 4.71. The van der Waals surface area contributed by atoms with Crippen LogP contribution in [0.2, 0.25) is 0 Å².